The average molecular weight is 264 g/mol. The first-order valence-electron chi connectivity index (χ1n) is 6.45. The number of rotatable bonds is 3. The van der Waals surface area contributed by atoms with Crippen molar-refractivity contribution < 1.29 is 14.6 Å². The summed E-state index contributed by atoms with van der Waals surface area (Å²) in [5.41, 5.74) is 1.10. The van der Waals surface area contributed by atoms with Crippen LogP contribution in [0.1, 0.15) is 15.9 Å². The molecule has 2 rings (SSSR count). The number of aromatic hydroxyl groups is 1. The Morgan fingerprint density at radius 1 is 1.58 bits per heavy atom. The zero-order valence-corrected chi connectivity index (χ0v) is 11.3. The number of carbonyl (C=O) groups is 1. The van der Waals surface area contributed by atoms with Gasteiger partial charge in [0.1, 0.15) is 5.75 Å². The number of carbonyl (C=O) groups excluding carboxylic acids is 1. The van der Waals surface area contributed by atoms with Gasteiger partial charge in [-0.3, -0.25) is 4.79 Å². The van der Waals surface area contributed by atoms with Gasteiger partial charge in [0.05, 0.1) is 12.7 Å². The van der Waals surface area contributed by atoms with Gasteiger partial charge in [0, 0.05) is 30.8 Å². The minimum absolute atomic E-state index is 0.0281. The lowest BCUT2D eigenvalue weighted by Gasteiger charge is -2.30. The Bertz CT molecular complexity index is 462. The summed E-state index contributed by atoms with van der Waals surface area (Å²) in [4.78, 5) is 14.2. The minimum atomic E-state index is -0.176. The van der Waals surface area contributed by atoms with E-state index < -0.39 is 0 Å². The van der Waals surface area contributed by atoms with E-state index in [4.69, 9.17) is 4.74 Å². The van der Waals surface area contributed by atoms with E-state index >= 15 is 0 Å². The van der Waals surface area contributed by atoms with Crippen LogP contribution in [0.25, 0.3) is 0 Å². The fraction of sp³-hybridized carbons (Fsp3) is 0.500. The van der Waals surface area contributed by atoms with E-state index in [-0.39, 0.29) is 17.8 Å². The highest BCUT2D eigenvalue weighted by Gasteiger charge is 2.19. The summed E-state index contributed by atoms with van der Waals surface area (Å²) in [5, 5.41) is 12.4. The highest BCUT2D eigenvalue weighted by molar-refractivity contribution is 5.96. The van der Waals surface area contributed by atoms with Crippen molar-refractivity contribution in [2.75, 3.05) is 33.3 Å². The molecule has 5 heteroatoms. The molecule has 0 aliphatic carbocycles. The molecule has 104 valence electrons. The maximum absolute atomic E-state index is 12.1. The number of ether oxygens (including phenoxy) is 1. The van der Waals surface area contributed by atoms with Crippen molar-refractivity contribution in [1.29, 1.82) is 0 Å². The van der Waals surface area contributed by atoms with Gasteiger partial charge < -0.3 is 20.1 Å². The third-order valence-electron chi connectivity index (χ3n) is 3.38. The fourth-order valence-electron chi connectivity index (χ4n) is 2.16. The number of hydrogen-bond donors (Lipinski definition) is 2. The molecule has 1 fully saturated rings. The average Bonchev–Trinajstić information content (AvgIpc) is 2.39. The van der Waals surface area contributed by atoms with Crippen molar-refractivity contribution >= 4 is 5.91 Å². The highest BCUT2D eigenvalue weighted by atomic mass is 16.5. The van der Waals surface area contributed by atoms with Crippen molar-refractivity contribution in [1.82, 2.24) is 10.2 Å². The number of likely N-dealkylation sites (N-methyl/N-ethyl adjacent to an activating group) is 1. The van der Waals surface area contributed by atoms with Crippen molar-refractivity contribution in [3.63, 3.8) is 0 Å². The van der Waals surface area contributed by atoms with Crippen LogP contribution in [0.4, 0.5) is 0 Å². The SMILES string of the molecule is Cc1c(O)cccc1C(=O)NCC1CN(C)CCO1. The van der Waals surface area contributed by atoms with Gasteiger partial charge in [0.2, 0.25) is 0 Å². The molecule has 0 bridgehead atoms. The molecule has 0 spiro atoms. The van der Waals surface area contributed by atoms with Crippen LogP contribution < -0.4 is 5.32 Å². The number of nitrogens with zero attached hydrogens (tertiary/aromatic N) is 1. The monoisotopic (exact) mass is 264 g/mol. The number of phenolic OH excluding ortho intramolecular Hbond substituents is 1. The van der Waals surface area contributed by atoms with Crippen molar-refractivity contribution in [3.8, 4) is 5.75 Å². The molecule has 19 heavy (non-hydrogen) atoms. The molecule has 1 atom stereocenters. The smallest absolute Gasteiger partial charge is 0.251 e. The van der Waals surface area contributed by atoms with Crippen molar-refractivity contribution in [2.24, 2.45) is 0 Å². The van der Waals surface area contributed by atoms with Crippen LogP contribution in [0, 0.1) is 6.92 Å². The largest absolute Gasteiger partial charge is 0.508 e. The molecular weight excluding hydrogens is 244 g/mol. The van der Waals surface area contributed by atoms with Crippen LogP contribution in [0.3, 0.4) is 0 Å². The predicted molar refractivity (Wildman–Crippen MR) is 72.4 cm³/mol. The predicted octanol–water partition coefficient (Wildman–Crippen LogP) is 0.761. The molecule has 1 aromatic carbocycles. The molecule has 1 unspecified atom stereocenters. The summed E-state index contributed by atoms with van der Waals surface area (Å²) in [7, 11) is 2.04. The van der Waals surface area contributed by atoms with Crippen LogP contribution in [0.5, 0.6) is 5.75 Å². The van der Waals surface area contributed by atoms with Crippen LogP contribution in [0.2, 0.25) is 0 Å². The van der Waals surface area contributed by atoms with E-state index in [0.717, 1.165) is 13.1 Å². The van der Waals surface area contributed by atoms with Gasteiger partial charge in [0.15, 0.2) is 0 Å². The lowest BCUT2D eigenvalue weighted by atomic mass is 10.1. The molecule has 1 saturated heterocycles. The van der Waals surface area contributed by atoms with Gasteiger partial charge in [-0.1, -0.05) is 6.07 Å². The lowest BCUT2D eigenvalue weighted by molar-refractivity contribution is -0.0175. The summed E-state index contributed by atoms with van der Waals surface area (Å²) >= 11 is 0. The maximum Gasteiger partial charge on any atom is 0.251 e. The Morgan fingerprint density at radius 3 is 3.11 bits per heavy atom. The topological polar surface area (TPSA) is 61.8 Å². The van der Waals surface area contributed by atoms with Gasteiger partial charge in [-0.05, 0) is 26.1 Å². The van der Waals surface area contributed by atoms with Gasteiger partial charge in [0.25, 0.3) is 5.91 Å². The van der Waals surface area contributed by atoms with Gasteiger partial charge >= 0.3 is 0 Å². The summed E-state index contributed by atoms with van der Waals surface area (Å²) < 4.78 is 5.58. The molecule has 5 nitrogen and oxygen atoms in total. The Labute approximate surface area is 113 Å². The zero-order valence-electron chi connectivity index (χ0n) is 11.3. The number of morpholine rings is 1. The Hall–Kier alpha value is -1.59. The summed E-state index contributed by atoms with van der Waals surface area (Å²) in [6.45, 7) is 4.66. The van der Waals surface area contributed by atoms with E-state index in [9.17, 15) is 9.90 Å². The lowest BCUT2D eigenvalue weighted by Crippen LogP contribution is -2.46. The number of amides is 1. The highest BCUT2D eigenvalue weighted by Crippen LogP contribution is 2.19. The van der Waals surface area contributed by atoms with Crippen molar-refractivity contribution in [2.45, 2.75) is 13.0 Å². The van der Waals surface area contributed by atoms with Gasteiger partial charge in [-0.25, -0.2) is 0 Å². The van der Waals surface area contributed by atoms with Crippen LogP contribution >= 0.6 is 0 Å². The second-order valence-electron chi connectivity index (χ2n) is 4.91. The third kappa shape index (κ3) is 3.45. The molecule has 0 aromatic heterocycles. The Kier molecular flexibility index (Phi) is 4.39. The molecule has 1 amide bonds. The number of hydrogen-bond acceptors (Lipinski definition) is 4. The minimum Gasteiger partial charge on any atom is -0.508 e. The molecular formula is C14H20N2O3. The number of benzene rings is 1. The fourth-order valence-corrected chi connectivity index (χ4v) is 2.16. The van der Waals surface area contributed by atoms with Crippen LogP contribution in [-0.2, 0) is 4.74 Å². The number of nitrogens with one attached hydrogen (secondary N) is 1. The number of phenols is 1. The molecule has 0 saturated carbocycles. The van der Waals surface area contributed by atoms with E-state index in [2.05, 4.69) is 10.2 Å². The normalized spacial score (nSPS) is 20.2. The second-order valence-corrected chi connectivity index (χ2v) is 4.91. The standard InChI is InChI=1S/C14H20N2O3/c1-10-12(4-3-5-13(10)17)14(18)15-8-11-9-16(2)6-7-19-11/h3-5,11,17H,6-9H2,1-2H3,(H,15,18). The van der Waals surface area contributed by atoms with Crippen LogP contribution in [0.15, 0.2) is 18.2 Å². The molecule has 2 N–H and O–H groups in total. The quantitative estimate of drug-likeness (QED) is 0.846. The Balaban J connectivity index is 1.92. The maximum atomic E-state index is 12.1. The van der Waals surface area contributed by atoms with Crippen LogP contribution in [-0.4, -0.2) is 55.3 Å². The van der Waals surface area contributed by atoms with Gasteiger partial charge in [-0.2, -0.15) is 0 Å². The second kappa shape index (κ2) is 6.04. The molecule has 1 aliphatic heterocycles. The summed E-state index contributed by atoms with van der Waals surface area (Å²) in [6, 6.07) is 4.95. The summed E-state index contributed by atoms with van der Waals surface area (Å²) in [5.74, 6) is -0.0356. The van der Waals surface area contributed by atoms with E-state index in [1.807, 2.05) is 7.05 Å². The van der Waals surface area contributed by atoms with Gasteiger partial charge in [-0.15, -0.1) is 0 Å². The van der Waals surface area contributed by atoms with E-state index in [1.165, 1.54) is 0 Å². The first-order chi connectivity index (χ1) is 9.08. The first kappa shape index (κ1) is 13.8. The molecule has 1 aromatic rings. The molecule has 1 heterocycles. The Morgan fingerprint density at radius 2 is 2.37 bits per heavy atom. The van der Waals surface area contributed by atoms with E-state index in [0.29, 0.717) is 24.3 Å². The summed E-state index contributed by atoms with van der Waals surface area (Å²) in [6.07, 6.45) is 0.0281. The molecule has 1 aliphatic rings. The third-order valence-corrected chi connectivity index (χ3v) is 3.38. The molecule has 0 radical (unpaired) electrons. The van der Waals surface area contributed by atoms with E-state index in [1.54, 1.807) is 25.1 Å². The van der Waals surface area contributed by atoms with Crippen molar-refractivity contribution in [3.05, 3.63) is 29.3 Å². The zero-order chi connectivity index (χ0) is 13.8. The first-order valence-corrected chi connectivity index (χ1v) is 6.45.